The molecule has 3 nitrogen and oxygen atoms in total. The van der Waals surface area contributed by atoms with E-state index in [9.17, 15) is 0 Å². The van der Waals surface area contributed by atoms with Gasteiger partial charge < -0.3 is 5.11 Å². The molecule has 0 fully saturated rings. The molecule has 0 saturated heterocycles. The smallest absolute Gasteiger partial charge is 0.142 e. The van der Waals surface area contributed by atoms with Crippen molar-refractivity contribution in [1.82, 2.24) is 9.97 Å². The average molecular weight is 242 g/mol. The Labute approximate surface area is 102 Å². The van der Waals surface area contributed by atoms with Crippen LogP contribution in [0.25, 0.3) is 21.5 Å². The van der Waals surface area contributed by atoms with Crippen LogP contribution in [-0.4, -0.2) is 15.1 Å². The Hall–Kier alpha value is -1.78. The number of aromatic nitrogens is 2. The van der Waals surface area contributed by atoms with Crippen molar-refractivity contribution >= 4 is 22.1 Å². The topological polar surface area (TPSA) is 46.0 Å². The number of rotatable bonds is 2. The third-order valence-corrected chi connectivity index (χ3v) is 3.49. The molecule has 84 valence electrons. The molecule has 17 heavy (non-hydrogen) atoms. The highest BCUT2D eigenvalue weighted by Crippen LogP contribution is 2.28. The summed E-state index contributed by atoms with van der Waals surface area (Å²) in [5.41, 5.74) is 1.58. The van der Waals surface area contributed by atoms with Gasteiger partial charge >= 0.3 is 0 Å². The summed E-state index contributed by atoms with van der Waals surface area (Å²) in [6.45, 7) is -0.0265. The number of thiazole rings is 1. The third-order valence-electron chi connectivity index (χ3n) is 2.59. The minimum Gasteiger partial charge on any atom is -0.390 e. The van der Waals surface area contributed by atoms with Crippen molar-refractivity contribution in [1.29, 1.82) is 0 Å². The fourth-order valence-corrected chi connectivity index (χ4v) is 2.60. The molecule has 2 aromatic heterocycles. The average Bonchev–Trinajstić information content (AvgIpc) is 2.87. The molecule has 0 bridgehead atoms. The molecule has 0 aliphatic heterocycles. The van der Waals surface area contributed by atoms with Crippen molar-refractivity contribution in [3.8, 4) is 10.7 Å². The lowest BCUT2D eigenvalue weighted by Gasteiger charge is -2.01. The molecular weight excluding hydrogens is 232 g/mol. The second-order valence-corrected chi connectivity index (χ2v) is 4.54. The van der Waals surface area contributed by atoms with Gasteiger partial charge in [0.15, 0.2) is 0 Å². The SMILES string of the molecule is OCc1csc(-c2nccc3ccccc23)n1. The highest BCUT2D eigenvalue weighted by atomic mass is 32.1. The van der Waals surface area contributed by atoms with E-state index in [1.54, 1.807) is 6.20 Å². The Bertz CT molecular complexity index is 658. The molecule has 0 aliphatic carbocycles. The van der Waals surface area contributed by atoms with E-state index in [1.807, 2.05) is 29.6 Å². The van der Waals surface area contributed by atoms with Gasteiger partial charge in [0.2, 0.25) is 0 Å². The minimum absolute atomic E-state index is 0.0265. The second-order valence-electron chi connectivity index (χ2n) is 3.68. The van der Waals surface area contributed by atoms with E-state index >= 15 is 0 Å². The Morgan fingerprint density at radius 2 is 2.06 bits per heavy atom. The zero-order chi connectivity index (χ0) is 11.7. The number of pyridine rings is 1. The molecular formula is C13H10N2OS. The number of hydrogen-bond donors (Lipinski definition) is 1. The Morgan fingerprint density at radius 3 is 2.88 bits per heavy atom. The van der Waals surface area contributed by atoms with Crippen LogP contribution in [0.5, 0.6) is 0 Å². The van der Waals surface area contributed by atoms with Crippen LogP contribution in [-0.2, 0) is 6.61 Å². The van der Waals surface area contributed by atoms with Crippen LogP contribution in [0.3, 0.4) is 0 Å². The quantitative estimate of drug-likeness (QED) is 0.751. The van der Waals surface area contributed by atoms with E-state index < -0.39 is 0 Å². The van der Waals surface area contributed by atoms with Crippen LogP contribution in [0.15, 0.2) is 41.9 Å². The second kappa shape index (κ2) is 4.24. The first-order valence-corrected chi connectivity index (χ1v) is 6.16. The minimum atomic E-state index is -0.0265. The van der Waals surface area contributed by atoms with Gasteiger partial charge in [-0.2, -0.15) is 0 Å². The molecule has 0 saturated carbocycles. The predicted octanol–water partition coefficient (Wildman–Crippen LogP) is 2.85. The molecule has 1 aromatic carbocycles. The molecule has 0 atom stereocenters. The van der Waals surface area contributed by atoms with E-state index in [1.165, 1.54) is 11.3 Å². The zero-order valence-corrected chi connectivity index (χ0v) is 9.81. The normalized spacial score (nSPS) is 10.9. The maximum absolute atomic E-state index is 9.03. The van der Waals surface area contributed by atoms with Crippen LogP contribution in [0, 0.1) is 0 Å². The number of aliphatic hydroxyl groups is 1. The number of benzene rings is 1. The molecule has 0 unspecified atom stereocenters. The number of nitrogens with zero attached hydrogens (tertiary/aromatic N) is 2. The monoisotopic (exact) mass is 242 g/mol. The molecule has 0 aliphatic rings. The van der Waals surface area contributed by atoms with Crippen LogP contribution < -0.4 is 0 Å². The van der Waals surface area contributed by atoms with Gasteiger partial charge in [-0.05, 0) is 11.5 Å². The van der Waals surface area contributed by atoms with Crippen molar-refractivity contribution in [2.24, 2.45) is 0 Å². The van der Waals surface area contributed by atoms with Crippen LogP contribution >= 0.6 is 11.3 Å². The summed E-state index contributed by atoms with van der Waals surface area (Å²) in [4.78, 5) is 8.75. The Morgan fingerprint density at radius 1 is 1.18 bits per heavy atom. The summed E-state index contributed by atoms with van der Waals surface area (Å²) in [5.74, 6) is 0. The van der Waals surface area contributed by atoms with Crippen molar-refractivity contribution in [2.45, 2.75) is 6.61 Å². The van der Waals surface area contributed by atoms with Crippen LogP contribution in [0.1, 0.15) is 5.69 Å². The van der Waals surface area contributed by atoms with Crippen molar-refractivity contribution in [3.05, 3.63) is 47.6 Å². The first-order chi connectivity index (χ1) is 8.38. The van der Waals surface area contributed by atoms with Crippen molar-refractivity contribution < 1.29 is 5.11 Å². The van der Waals surface area contributed by atoms with Crippen molar-refractivity contribution in [3.63, 3.8) is 0 Å². The lowest BCUT2D eigenvalue weighted by atomic mass is 10.1. The van der Waals surface area contributed by atoms with E-state index in [-0.39, 0.29) is 6.61 Å². The molecule has 2 heterocycles. The van der Waals surface area contributed by atoms with E-state index in [4.69, 9.17) is 5.11 Å². The Kier molecular flexibility index (Phi) is 2.59. The van der Waals surface area contributed by atoms with Crippen LogP contribution in [0.2, 0.25) is 0 Å². The van der Waals surface area contributed by atoms with E-state index in [2.05, 4.69) is 16.0 Å². The fourth-order valence-electron chi connectivity index (χ4n) is 1.78. The summed E-state index contributed by atoms with van der Waals surface area (Å²) in [6.07, 6.45) is 1.79. The largest absolute Gasteiger partial charge is 0.390 e. The van der Waals surface area contributed by atoms with E-state index in [0.717, 1.165) is 21.5 Å². The lowest BCUT2D eigenvalue weighted by molar-refractivity contribution is 0.278. The van der Waals surface area contributed by atoms with Crippen molar-refractivity contribution in [2.75, 3.05) is 0 Å². The number of aliphatic hydroxyl groups excluding tert-OH is 1. The highest BCUT2D eigenvalue weighted by molar-refractivity contribution is 7.13. The molecule has 0 radical (unpaired) electrons. The third kappa shape index (κ3) is 1.81. The van der Waals surface area contributed by atoms with Gasteiger partial charge in [-0.15, -0.1) is 11.3 Å². The summed E-state index contributed by atoms with van der Waals surface area (Å²) in [5, 5.41) is 14.0. The van der Waals surface area contributed by atoms with Gasteiger partial charge in [0.1, 0.15) is 10.7 Å². The molecule has 3 rings (SSSR count). The fraction of sp³-hybridized carbons (Fsp3) is 0.0769. The first kappa shape index (κ1) is 10.4. The summed E-state index contributed by atoms with van der Waals surface area (Å²) in [7, 11) is 0. The first-order valence-electron chi connectivity index (χ1n) is 5.28. The maximum Gasteiger partial charge on any atom is 0.142 e. The van der Waals surface area contributed by atoms with Crippen LogP contribution in [0.4, 0.5) is 0 Å². The van der Waals surface area contributed by atoms with Gasteiger partial charge in [0.05, 0.1) is 12.3 Å². The number of hydrogen-bond acceptors (Lipinski definition) is 4. The summed E-state index contributed by atoms with van der Waals surface area (Å²) in [6, 6.07) is 10.1. The molecule has 0 spiro atoms. The van der Waals surface area contributed by atoms with Gasteiger partial charge in [-0.3, -0.25) is 4.98 Å². The summed E-state index contributed by atoms with van der Waals surface area (Å²) >= 11 is 1.51. The Balaban J connectivity index is 2.23. The number of fused-ring (bicyclic) bond motifs is 1. The zero-order valence-electron chi connectivity index (χ0n) is 9.00. The molecule has 4 heteroatoms. The van der Waals surface area contributed by atoms with Gasteiger partial charge in [0, 0.05) is 17.0 Å². The maximum atomic E-state index is 9.03. The molecule has 1 N–H and O–H groups in total. The van der Waals surface area contributed by atoms with Gasteiger partial charge in [-0.25, -0.2) is 4.98 Å². The highest BCUT2D eigenvalue weighted by Gasteiger charge is 2.08. The predicted molar refractivity (Wildman–Crippen MR) is 68.8 cm³/mol. The van der Waals surface area contributed by atoms with E-state index in [0.29, 0.717) is 5.69 Å². The lowest BCUT2D eigenvalue weighted by Crippen LogP contribution is -1.87. The van der Waals surface area contributed by atoms with Gasteiger partial charge in [0.25, 0.3) is 0 Å². The molecule has 0 amide bonds. The standard InChI is InChI=1S/C13H10N2OS/c16-7-10-8-17-13(15-10)12-11-4-2-1-3-9(11)5-6-14-12/h1-6,8,16H,7H2. The summed E-state index contributed by atoms with van der Waals surface area (Å²) < 4.78 is 0. The van der Waals surface area contributed by atoms with Gasteiger partial charge in [-0.1, -0.05) is 24.3 Å². The molecule has 3 aromatic rings.